The van der Waals surface area contributed by atoms with Gasteiger partial charge in [-0.25, -0.2) is 0 Å². The van der Waals surface area contributed by atoms with Gasteiger partial charge in [-0.3, -0.25) is 9.78 Å². The van der Waals surface area contributed by atoms with Crippen LogP contribution in [-0.2, 0) is 6.42 Å². The minimum Gasteiger partial charge on any atom is -0.334 e. The highest BCUT2D eigenvalue weighted by Gasteiger charge is 2.24. The second kappa shape index (κ2) is 5.88. The summed E-state index contributed by atoms with van der Waals surface area (Å²) >= 11 is 0. The molecule has 0 spiro atoms. The molecule has 3 aromatic rings. The summed E-state index contributed by atoms with van der Waals surface area (Å²) in [5.74, 6) is 1.03. The maximum atomic E-state index is 12.9. The van der Waals surface area contributed by atoms with Crippen LogP contribution < -0.4 is 4.90 Å². The zero-order chi connectivity index (χ0) is 16.5. The summed E-state index contributed by atoms with van der Waals surface area (Å²) in [7, 11) is 0. The molecule has 0 bridgehead atoms. The lowest BCUT2D eigenvalue weighted by Gasteiger charge is -2.28. The van der Waals surface area contributed by atoms with E-state index in [1.54, 1.807) is 30.2 Å². The summed E-state index contributed by atoms with van der Waals surface area (Å²) in [5, 5.41) is 3.78. The first-order valence-electron chi connectivity index (χ1n) is 7.89. The van der Waals surface area contributed by atoms with Crippen LogP contribution in [0.15, 0.2) is 47.1 Å². The average Bonchev–Trinajstić information content (AvgIpc) is 3.07. The Kier molecular flexibility index (Phi) is 3.57. The van der Waals surface area contributed by atoms with Crippen molar-refractivity contribution in [3.8, 4) is 11.5 Å². The third-order valence-corrected chi connectivity index (χ3v) is 4.10. The fraction of sp³-hybridized carbons (Fsp3) is 0.222. The number of hydrogen-bond acceptors (Lipinski definition) is 5. The first kappa shape index (κ1) is 14.6. The Morgan fingerprint density at radius 3 is 2.79 bits per heavy atom. The molecule has 120 valence electrons. The van der Waals surface area contributed by atoms with E-state index in [0.29, 0.717) is 23.8 Å². The Bertz CT molecular complexity index is 886. The van der Waals surface area contributed by atoms with Crippen LogP contribution in [0.5, 0.6) is 0 Å². The second-order valence-corrected chi connectivity index (χ2v) is 5.75. The van der Waals surface area contributed by atoms with Crippen molar-refractivity contribution in [2.45, 2.75) is 19.8 Å². The van der Waals surface area contributed by atoms with E-state index >= 15 is 0 Å². The van der Waals surface area contributed by atoms with Crippen molar-refractivity contribution in [2.75, 3.05) is 11.4 Å². The maximum absolute atomic E-state index is 12.9. The molecule has 0 aliphatic carbocycles. The molecule has 3 heterocycles. The lowest BCUT2D eigenvalue weighted by Crippen LogP contribution is -2.35. The summed E-state index contributed by atoms with van der Waals surface area (Å²) in [6, 6.07) is 11.1. The summed E-state index contributed by atoms with van der Waals surface area (Å²) in [5.41, 5.74) is 3.32. The van der Waals surface area contributed by atoms with Gasteiger partial charge in [-0.15, -0.1) is 0 Å². The van der Waals surface area contributed by atoms with Crippen LogP contribution in [0.3, 0.4) is 0 Å². The molecule has 24 heavy (non-hydrogen) atoms. The first-order chi connectivity index (χ1) is 11.7. The normalized spacial score (nSPS) is 13.6. The number of amides is 1. The molecule has 2 aromatic heterocycles. The van der Waals surface area contributed by atoms with Crippen molar-refractivity contribution in [3.63, 3.8) is 0 Å². The number of rotatable bonds is 2. The van der Waals surface area contributed by atoms with Gasteiger partial charge in [-0.1, -0.05) is 5.16 Å². The highest BCUT2D eigenvalue weighted by atomic mass is 16.5. The molecule has 1 aliphatic heterocycles. The van der Waals surface area contributed by atoms with E-state index in [2.05, 4.69) is 15.1 Å². The van der Waals surface area contributed by atoms with Crippen molar-refractivity contribution in [3.05, 3.63) is 59.7 Å². The van der Waals surface area contributed by atoms with E-state index in [1.807, 2.05) is 24.3 Å². The molecular formula is C18H16N4O2. The summed E-state index contributed by atoms with van der Waals surface area (Å²) < 4.78 is 5.15. The van der Waals surface area contributed by atoms with Crippen molar-refractivity contribution in [1.82, 2.24) is 15.1 Å². The third-order valence-electron chi connectivity index (χ3n) is 4.10. The van der Waals surface area contributed by atoms with Crippen molar-refractivity contribution in [1.29, 1.82) is 0 Å². The SMILES string of the molecule is Cc1noc(-c2ccc(C(=O)N3CCCc4ncccc43)cc2)n1. The Hall–Kier alpha value is -3.02. The van der Waals surface area contributed by atoms with E-state index in [4.69, 9.17) is 4.52 Å². The van der Waals surface area contributed by atoms with Crippen LogP contribution in [0.2, 0.25) is 0 Å². The van der Waals surface area contributed by atoms with Gasteiger partial charge in [0.15, 0.2) is 5.82 Å². The third kappa shape index (κ3) is 2.56. The quantitative estimate of drug-likeness (QED) is 0.725. The summed E-state index contributed by atoms with van der Waals surface area (Å²) in [4.78, 5) is 23.2. The Morgan fingerprint density at radius 2 is 2.04 bits per heavy atom. The van der Waals surface area contributed by atoms with Crippen LogP contribution in [0.1, 0.15) is 28.3 Å². The molecule has 0 atom stereocenters. The van der Waals surface area contributed by atoms with Crippen molar-refractivity contribution < 1.29 is 9.32 Å². The number of aryl methyl sites for hydroxylation is 2. The van der Waals surface area contributed by atoms with Gasteiger partial charge in [0, 0.05) is 23.9 Å². The largest absolute Gasteiger partial charge is 0.334 e. The summed E-state index contributed by atoms with van der Waals surface area (Å²) in [6.07, 6.45) is 3.61. The van der Waals surface area contributed by atoms with E-state index in [9.17, 15) is 4.79 Å². The number of hydrogen-bond donors (Lipinski definition) is 0. The van der Waals surface area contributed by atoms with Gasteiger partial charge in [-0.05, 0) is 56.2 Å². The minimum absolute atomic E-state index is 0.0165. The molecule has 4 rings (SSSR count). The highest BCUT2D eigenvalue weighted by Crippen LogP contribution is 2.27. The lowest BCUT2D eigenvalue weighted by atomic mass is 10.0. The van der Waals surface area contributed by atoms with Gasteiger partial charge in [0.1, 0.15) is 0 Å². The smallest absolute Gasteiger partial charge is 0.258 e. The molecule has 1 aliphatic rings. The van der Waals surface area contributed by atoms with Crippen LogP contribution in [0.4, 0.5) is 5.69 Å². The van der Waals surface area contributed by atoms with Crippen LogP contribution in [0.25, 0.3) is 11.5 Å². The zero-order valence-corrected chi connectivity index (χ0v) is 13.3. The molecule has 0 N–H and O–H groups in total. The second-order valence-electron chi connectivity index (χ2n) is 5.75. The monoisotopic (exact) mass is 320 g/mol. The van der Waals surface area contributed by atoms with E-state index < -0.39 is 0 Å². The Balaban J connectivity index is 1.61. The van der Waals surface area contributed by atoms with E-state index in [1.165, 1.54) is 0 Å². The first-order valence-corrected chi connectivity index (χ1v) is 7.89. The van der Waals surface area contributed by atoms with Crippen LogP contribution >= 0.6 is 0 Å². The molecule has 0 saturated carbocycles. The van der Waals surface area contributed by atoms with E-state index in [-0.39, 0.29) is 5.91 Å². The van der Waals surface area contributed by atoms with Crippen molar-refractivity contribution >= 4 is 11.6 Å². The fourth-order valence-corrected chi connectivity index (χ4v) is 2.93. The molecular weight excluding hydrogens is 304 g/mol. The molecule has 0 fully saturated rings. The Labute approximate surface area is 139 Å². The van der Waals surface area contributed by atoms with Crippen LogP contribution in [0, 0.1) is 6.92 Å². The van der Waals surface area contributed by atoms with Gasteiger partial charge in [0.25, 0.3) is 11.8 Å². The molecule has 0 unspecified atom stereocenters. The molecule has 6 heteroatoms. The van der Waals surface area contributed by atoms with Gasteiger partial charge >= 0.3 is 0 Å². The molecule has 0 radical (unpaired) electrons. The molecule has 1 aromatic carbocycles. The number of anilines is 1. The molecule has 6 nitrogen and oxygen atoms in total. The Morgan fingerprint density at radius 1 is 1.21 bits per heavy atom. The number of carbonyl (C=O) groups is 1. The number of benzene rings is 1. The van der Waals surface area contributed by atoms with Crippen LogP contribution in [-0.4, -0.2) is 27.6 Å². The van der Waals surface area contributed by atoms with Gasteiger partial charge in [0.05, 0.1) is 11.4 Å². The van der Waals surface area contributed by atoms with Gasteiger partial charge in [-0.2, -0.15) is 4.98 Å². The minimum atomic E-state index is -0.0165. The number of carbonyl (C=O) groups excluding carboxylic acids is 1. The number of aromatic nitrogens is 3. The highest BCUT2D eigenvalue weighted by molar-refractivity contribution is 6.06. The van der Waals surface area contributed by atoms with Gasteiger partial charge < -0.3 is 9.42 Å². The van der Waals surface area contributed by atoms with E-state index in [0.717, 1.165) is 29.8 Å². The fourth-order valence-electron chi connectivity index (χ4n) is 2.93. The predicted octanol–water partition coefficient (Wildman–Crippen LogP) is 3.03. The topological polar surface area (TPSA) is 72.1 Å². The van der Waals surface area contributed by atoms with Gasteiger partial charge in [0.2, 0.25) is 0 Å². The standard InChI is InChI=1S/C18H16N4O2/c1-12-20-17(24-21-12)13-6-8-14(9-7-13)18(23)22-11-3-4-15-16(22)5-2-10-19-15/h2,5-10H,3-4,11H2,1H3. The molecule has 1 amide bonds. The number of pyridine rings is 1. The zero-order valence-electron chi connectivity index (χ0n) is 13.3. The number of fused-ring (bicyclic) bond motifs is 1. The average molecular weight is 320 g/mol. The lowest BCUT2D eigenvalue weighted by molar-refractivity contribution is 0.0985. The predicted molar refractivity (Wildman–Crippen MR) is 88.7 cm³/mol. The summed E-state index contributed by atoms with van der Waals surface area (Å²) in [6.45, 7) is 2.48. The molecule has 0 saturated heterocycles. The van der Waals surface area contributed by atoms with Crippen molar-refractivity contribution in [2.24, 2.45) is 0 Å². The maximum Gasteiger partial charge on any atom is 0.258 e. The number of nitrogens with zero attached hydrogens (tertiary/aromatic N) is 4.